The molecule has 1 N–H and O–H groups in total. The minimum atomic E-state index is -2.59. The third kappa shape index (κ3) is 3.94. The first-order valence-electron chi connectivity index (χ1n) is 2.84. The highest BCUT2D eigenvalue weighted by atomic mass is 19.3. The quantitative estimate of drug-likeness (QED) is 0.619. The Bertz CT molecular complexity index is 91.1. The summed E-state index contributed by atoms with van der Waals surface area (Å²) < 4.78 is 24.5. The van der Waals surface area contributed by atoms with Gasteiger partial charge in [-0.3, -0.25) is 0 Å². The van der Waals surface area contributed by atoms with Crippen LogP contribution in [0.25, 0.3) is 0 Å². The van der Waals surface area contributed by atoms with E-state index in [1.807, 2.05) is 0 Å². The van der Waals surface area contributed by atoms with E-state index in [4.69, 9.17) is 0 Å². The molecule has 0 rings (SSSR count). The van der Waals surface area contributed by atoms with Crippen LogP contribution in [0.4, 0.5) is 8.78 Å². The molecule has 0 aliphatic heterocycles. The zero-order valence-electron chi connectivity index (χ0n) is 5.45. The Morgan fingerprint density at radius 2 is 2.22 bits per heavy atom. The molecule has 0 saturated carbocycles. The molecule has 0 aliphatic carbocycles. The normalized spacial score (nSPS) is 11.0. The van der Waals surface area contributed by atoms with E-state index in [9.17, 15) is 8.78 Å². The fraction of sp³-hybridized carbons (Fsp3) is 0.667. The van der Waals surface area contributed by atoms with E-state index < -0.39 is 5.92 Å². The van der Waals surface area contributed by atoms with Crippen LogP contribution in [-0.2, 0) is 0 Å². The highest BCUT2D eigenvalue weighted by Gasteiger charge is 2.24. The van der Waals surface area contributed by atoms with Gasteiger partial charge >= 0.3 is 0 Å². The van der Waals surface area contributed by atoms with E-state index >= 15 is 0 Å². The summed E-state index contributed by atoms with van der Waals surface area (Å²) in [5.74, 6) is -2.59. The summed E-state index contributed by atoms with van der Waals surface area (Å²) in [6.45, 7) is 4.39. The third-order valence-corrected chi connectivity index (χ3v) is 1.02. The Morgan fingerprint density at radius 1 is 1.67 bits per heavy atom. The average molecular weight is 135 g/mol. The molecule has 0 aromatic heterocycles. The van der Waals surface area contributed by atoms with E-state index in [-0.39, 0.29) is 13.0 Å². The van der Waals surface area contributed by atoms with Gasteiger partial charge in [-0.05, 0) is 6.20 Å². The van der Waals surface area contributed by atoms with Gasteiger partial charge < -0.3 is 5.32 Å². The van der Waals surface area contributed by atoms with Crippen molar-refractivity contribution in [2.75, 3.05) is 6.54 Å². The van der Waals surface area contributed by atoms with Crippen LogP contribution in [0.2, 0.25) is 0 Å². The zero-order chi connectivity index (χ0) is 7.33. The van der Waals surface area contributed by atoms with Crippen molar-refractivity contribution in [2.24, 2.45) is 0 Å². The molecule has 0 fully saturated rings. The Labute approximate surface area is 53.8 Å². The fourth-order valence-electron chi connectivity index (χ4n) is 0.346. The van der Waals surface area contributed by atoms with Crippen molar-refractivity contribution in [3.63, 3.8) is 0 Å². The Morgan fingerprint density at radius 3 is 2.56 bits per heavy atom. The van der Waals surface area contributed by atoms with Gasteiger partial charge in [0.25, 0.3) is 5.92 Å². The maximum absolute atomic E-state index is 12.2. The van der Waals surface area contributed by atoms with Gasteiger partial charge in [0.15, 0.2) is 0 Å². The first-order chi connectivity index (χ1) is 4.12. The molecule has 0 atom stereocenters. The molecule has 0 amide bonds. The minimum Gasteiger partial charge on any atom is -0.385 e. The van der Waals surface area contributed by atoms with Gasteiger partial charge in [0.1, 0.15) is 0 Å². The number of halogens is 2. The first-order valence-corrected chi connectivity index (χ1v) is 2.84. The maximum Gasteiger partial charge on any atom is 0.264 e. The fourth-order valence-corrected chi connectivity index (χ4v) is 0.346. The SMILES string of the molecule is C=CNCC(F)(F)CC. The summed E-state index contributed by atoms with van der Waals surface area (Å²) in [5, 5.41) is 2.35. The molecule has 3 heteroatoms. The summed E-state index contributed by atoms with van der Waals surface area (Å²) in [4.78, 5) is 0. The van der Waals surface area contributed by atoms with Crippen molar-refractivity contribution < 1.29 is 8.78 Å². The van der Waals surface area contributed by atoms with Gasteiger partial charge in [-0.15, -0.1) is 0 Å². The molecule has 0 spiro atoms. The molecule has 0 aliphatic rings. The van der Waals surface area contributed by atoms with E-state index in [1.165, 1.54) is 13.1 Å². The van der Waals surface area contributed by atoms with Gasteiger partial charge in [-0.25, -0.2) is 8.78 Å². The van der Waals surface area contributed by atoms with E-state index in [0.29, 0.717) is 0 Å². The van der Waals surface area contributed by atoms with Crippen molar-refractivity contribution >= 4 is 0 Å². The highest BCUT2D eigenvalue weighted by molar-refractivity contribution is 4.72. The van der Waals surface area contributed by atoms with E-state index in [2.05, 4.69) is 11.9 Å². The second kappa shape index (κ2) is 3.43. The lowest BCUT2D eigenvalue weighted by Crippen LogP contribution is -2.28. The number of hydrogen-bond donors (Lipinski definition) is 1. The second-order valence-electron chi connectivity index (χ2n) is 1.79. The molecule has 9 heavy (non-hydrogen) atoms. The summed E-state index contributed by atoms with van der Waals surface area (Å²) in [6, 6.07) is 0. The van der Waals surface area contributed by atoms with Crippen LogP contribution in [0.15, 0.2) is 12.8 Å². The molecule has 0 aromatic rings. The van der Waals surface area contributed by atoms with Crippen LogP contribution in [-0.4, -0.2) is 12.5 Å². The van der Waals surface area contributed by atoms with Crippen molar-refractivity contribution in [2.45, 2.75) is 19.3 Å². The Balaban J connectivity index is 3.44. The molecule has 54 valence electrons. The molecule has 0 heterocycles. The summed E-state index contributed by atoms with van der Waals surface area (Å²) in [7, 11) is 0. The van der Waals surface area contributed by atoms with E-state index in [0.717, 1.165) is 0 Å². The summed E-state index contributed by atoms with van der Waals surface area (Å²) >= 11 is 0. The van der Waals surface area contributed by atoms with E-state index in [1.54, 1.807) is 0 Å². The summed E-state index contributed by atoms with van der Waals surface area (Å²) in [6.07, 6.45) is 1.14. The smallest absolute Gasteiger partial charge is 0.264 e. The van der Waals surface area contributed by atoms with Crippen molar-refractivity contribution in [1.29, 1.82) is 0 Å². The average Bonchev–Trinajstić information content (AvgIpc) is 1.84. The topological polar surface area (TPSA) is 12.0 Å². The van der Waals surface area contributed by atoms with Crippen molar-refractivity contribution in [3.05, 3.63) is 12.8 Å². The van der Waals surface area contributed by atoms with Crippen LogP contribution in [0.1, 0.15) is 13.3 Å². The summed E-state index contributed by atoms with van der Waals surface area (Å²) in [5.41, 5.74) is 0. The lowest BCUT2D eigenvalue weighted by molar-refractivity contribution is 0.00148. The monoisotopic (exact) mass is 135 g/mol. The molecule has 1 nitrogen and oxygen atoms in total. The van der Waals surface area contributed by atoms with Gasteiger partial charge in [-0.2, -0.15) is 0 Å². The Hall–Kier alpha value is -0.600. The van der Waals surface area contributed by atoms with Crippen LogP contribution < -0.4 is 5.32 Å². The van der Waals surface area contributed by atoms with Crippen LogP contribution in [0.3, 0.4) is 0 Å². The first kappa shape index (κ1) is 8.40. The van der Waals surface area contributed by atoms with Gasteiger partial charge in [0.05, 0.1) is 6.54 Å². The predicted molar refractivity (Wildman–Crippen MR) is 33.4 cm³/mol. The lowest BCUT2D eigenvalue weighted by atomic mass is 10.3. The molecular formula is C6H11F2N. The number of alkyl halides is 2. The second-order valence-corrected chi connectivity index (χ2v) is 1.79. The van der Waals surface area contributed by atoms with Crippen molar-refractivity contribution in [1.82, 2.24) is 5.32 Å². The van der Waals surface area contributed by atoms with Gasteiger partial charge in [0, 0.05) is 6.42 Å². The Kier molecular flexibility index (Phi) is 3.20. The molecular weight excluding hydrogens is 124 g/mol. The minimum absolute atomic E-state index is 0.131. The number of rotatable bonds is 4. The molecule has 0 saturated heterocycles. The maximum atomic E-state index is 12.2. The number of hydrogen-bond acceptors (Lipinski definition) is 1. The van der Waals surface area contributed by atoms with Crippen molar-refractivity contribution in [3.8, 4) is 0 Å². The standard InChI is InChI=1S/C6H11F2N/c1-3-6(7,8)5-9-4-2/h4,9H,2-3,5H2,1H3. The molecule has 0 aromatic carbocycles. The van der Waals surface area contributed by atoms with Crippen LogP contribution in [0, 0.1) is 0 Å². The molecule has 0 unspecified atom stereocenters. The van der Waals surface area contributed by atoms with Gasteiger partial charge in [-0.1, -0.05) is 13.5 Å². The molecule has 0 radical (unpaired) electrons. The van der Waals surface area contributed by atoms with Crippen LogP contribution in [0.5, 0.6) is 0 Å². The highest BCUT2D eigenvalue weighted by Crippen LogP contribution is 2.15. The largest absolute Gasteiger partial charge is 0.385 e. The lowest BCUT2D eigenvalue weighted by Gasteiger charge is -2.12. The van der Waals surface area contributed by atoms with Crippen LogP contribution >= 0.6 is 0 Å². The zero-order valence-corrected chi connectivity index (χ0v) is 5.45. The predicted octanol–water partition coefficient (Wildman–Crippen LogP) is 1.76. The number of nitrogens with one attached hydrogen (secondary N) is 1. The molecule has 0 bridgehead atoms. The third-order valence-electron chi connectivity index (χ3n) is 1.02. The van der Waals surface area contributed by atoms with Gasteiger partial charge in [0.2, 0.25) is 0 Å².